The van der Waals surface area contributed by atoms with E-state index < -0.39 is 28.0 Å². The number of sulfonamides is 1. The Bertz CT molecular complexity index is 1600. The van der Waals surface area contributed by atoms with E-state index in [0.717, 1.165) is 29.4 Å². The molecule has 3 aromatic carbocycles. The lowest BCUT2D eigenvalue weighted by molar-refractivity contribution is -0.0498. The number of rotatable bonds is 8. The van der Waals surface area contributed by atoms with Crippen molar-refractivity contribution in [3.8, 4) is 5.75 Å². The summed E-state index contributed by atoms with van der Waals surface area (Å²) in [4.78, 5) is 13.4. The first-order valence-electron chi connectivity index (χ1n) is 11.2. The molecule has 37 heavy (non-hydrogen) atoms. The number of thiophene rings is 1. The third kappa shape index (κ3) is 5.57. The summed E-state index contributed by atoms with van der Waals surface area (Å²) in [6.07, 6.45) is 2.53. The zero-order valence-corrected chi connectivity index (χ0v) is 21.1. The number of carbonyl (C=O) groups is 1. The predicted octanol–water partition coefficient (Wildman–Crippen LogP) is 6.35. The maximum atomic E-state index is 13.5. The predicted molar refractivity (Wildman–Crippen MR) is 138 cm³/mol. The van der Waals surface area contributed by atoms with Gasteiger partial charge in [0.25, 0.3) is 5.91 Å². The average molecular weight is 547 g/mol. The van der Waals surface area contributed by atoms with Crippen LogP contribution in [-0.2, 0) is 15.4 Å². The largest absolute Gasteiger partial charge is 0.435 e. The van der Waals surface area contributed by atoms with E-state index in [4.69, 9.17) is 0 Å². The Morgan fingerprint density at radius 1 is 0.973 bits per heavy atom. The van der Waals surface area contributed by atoms with Crippen LogP contribution in [0.2, 0.25) is 0 Å². The normalized spacial score (nSPS) is 14.5. The molecule has 0 spiro atoms. The van der Waals surface area contributed by atoms with Gasteiger partial charge in [0.05, 0.1) is 11.1 Å². The molecule has 5 rings (SSSR count). The van der Waals surface area contributed by atoms with Crippen molar-refractivity contribution in [2.75, 3.05) is 16.3 Å². The highest BCUT2D eigenvalue weighted by atomic mass is 32.2. The van der Waals surface area contributed by atoms with Gasteiger partial charge in [-0.25, -0.2) is 12.8 Å². The minimum atomic E-state index is -3.45. The van der Waals surface area contributed by atoms with Gasteiger partial charge in [-0.3, -0.25) is 9.52 Å². The number of ether oxygens (including phenoxy) is 1. The summed E-state index contributed by atoms with van der Waals surface area (Å²) in [5.41, 5.74) is 1.71. The number of hydrogen-bond acceptors (Lipinski definition) is 5. The van der Waals surface area contributed by atoms with Crippen LogP contribution in [0.25, 0.3) is 10.1 Å². The molecule has 6 nitrogen and oxygen atoms in total. The quantitative estimate of drug-likeness (QED) is 0.270. The molecule has 1 aliphatic carbocycles. The second-order valence-corrected chi connectivity index (χ2v) is 11.7. The van der Waals surface area contributed by atoms with Gasteiger partial charge < -0.3 is 10.1 Å². The number of nitrogens with one attached hydrogen (secondary N) is 2. The van der Waals surface area contributed by atoms with E-state index >= 15 is 0 Å². The lowest BCUT2D eigenvalue weighted by atomic mass is 9.87. The summed E-state index contributed by atoms with van der Waals surface area (Å²) in [6, 6.07) is 17.2. The first kappa shape index (κ1) is 25.1. The Labute approximate surface area is 215 Å². The van der Waals surface area contributed by atoms with Crippen molar-refractivity contribution < 1.29 is 31.1 Å². The second kappa shape index (κ2) is 9.38. The van der Waals surface area contributed by atoms with Crippen LogP contribution in [-0.4, -0.2) is 27.2 Å². The molecule has 0 saturated heterocycles. The van der Waals surface area contributed by atoms with Gasteiger partial charge in [-0.2, -0.15) is 8.78 Å². The SMILES string of the molecule is CS(=O)(=O)Nc1ccc2sc(C(=O)Nc3cc(OC(F)F)cc(C4(c5ccc(F)cc5)CC4)c3)cc2c1. The molecule has 4 aromatic rings. The standard InChI is InChI=1S/C26H21F3N2O4S2/c1-37(33,34)31-19-6-7-22-15(10-19)11-23(36-22)24(32)30-20-12-17(13-21(14-20)35-25(28)29)26(8-9-26)16-2-4-18(27)5-3-16/h2-7,10-14,25,31H,8-9H2,1H3,(H,30,32). The molecule has 0 aliphatic heterocycles. The number of benzene rings is 3. The van der Waals surface area contributed by atoms with Gasteiger partial charge in [-0.15, -0.1) is 11.3 Å². The topological polar surface area (TPSA) is 84.5 Å². The van der Waals surface area contributed by atoms with Crippen molar-refractivity contribution in [2.45, 2.75) is 24.9 Å². The lowest BCUT2D eigenvalue weighted by Gasteiger charge is -2.19. The molecule has 2 N–H and O–H groups in total. The Morgan fingerprint density at radius 3 is 2.35 bits per heavy atom. The Kier molecular flexibility index (Phi) is 6.36. The fourth-order valence-corrected chi connectivity index (χ4v) is 5.88. The second-order valence-electron chi connectivity index (χ2n) is 8.91. The van der Waals surface area contributed by atoms with Crippen LogP contribution in [0.4, 0.5) is 24.5 Å². The molecule has 1 saturated carbocycles. The highest BCUT2D eigenvalue weighted by Gasteiger charge is 2.46. The number of amides is 1. The molecule has 192 valence electrons. The third-order valence-electron chi connectivity index (χ3n) is 6.13. The molecule has 1 fully saturated rings. The summed E-state index contributed by atoms with van der Waals surface area (Å²) in [5.74, 6) is -0.917. The maximum Gasteiger partial charge on any atom is 0.387 e. The number of alkyl halides is 2. The number of anilines is 2. The van der Waals surface area contributed by atoms with Crippen molar-refractivity contribution in [2.24, 2.45) is 0 Å². The van der Waals surface area contributed by atoms with Crippen molar-refractivity contribution in [3.05, 3.63) is 88.6 Å². The molecule has 0 unspecified atom stereocenters. The van der Waals surface area contributed by atoms with Crippen molar-refractivity contribution in [3.63, 3.8) is 0 Å². The maximum absolute atomic E-state index is 13.5. The zero-order chi connectivity index (χ0) is 26.4. The van der Waals surface area contributed by atoms with Gasteiger partial charge in [0, 0.05) is 27.6 Å². The lowest BCUT2D eigenvalue weighted by Crippen LogP contribution is -2.14. The summed E-state index contributed by atoms with van der Waals surface area (Å²) in [7, 11) is -3.45. The molecule has 1 aromatic heterocycles. The molecule has 1 aliphatic rings. The van der Waals surface area contributed by atoms with Crippen LogP contribution in [0.15, 0.2) is 66.7 Å². The summed E-state index contributed by atoms with van der Waals surface area (Å²) in [5, 5.41) is 3.44. The first-order valence-corrected chi connectivity index (χ1v) is 13.9. The Morgan fingerprint density at radius 2 is 1.70 bits per heavy atom. The minimum absolute atomic E-state index is 0.0935. The van der Waals surface area contributed by atoms with E-state index in [1.165, 1.54) is 35.6 Å². The first-order chi connectivity index (χ1) is 17.5. The van der Waals surface area contributed by atoms with E-state index in [1.807, 2.05) is 0 Å². The van der Waals surface area contributed by atoms with E-state index in [9.17, 15) is 26.4 Å². The smallest absolute Gasteiger partial charge is 0.387 e. The molecule has 0 bridgehead atoms. The Hall–Kier alpha value is -3.57. The van der Waals surface area contributed by atoms with Crippen LogP contribution in [0.1, 0.15) is 33.6 Å². The minimum Gasteiger partial charge on any atom is -0.435 e. The number of carbonyl (C=O) groups excluding carboxylic acids is 1. The zero-order valence-electron chi connectivity index (χ0n) is 19.4. The van der Waals surface area contributed by atoms with Gasteiger partial charge in [0.1, 0.15) is 11.6 Å². The molecule has 0 atom stereocenters. The van der Waals surface area contributed by atoms with Crippen LogP contribution in [0.5, 0.6) is 5.75 Å². The van der Waals surface area contributed by atoms with Gasteiger partial charge >= 0.3 is 6.61 Å². The van der Waals surface area contributed by atoms with E-state index in [-0.39, 0.29) is 17.3 Å². The van der Waals surface area contributed by atoms with Crippen LogP contribution in [0.3, 0.4) is 0 Å². The fourth-order valence-electron chi connectivity index (χ4n) is 4.38. The molecule has 1 heterocycles. The van der Waals surface area contributed by atoms with E-state index in [2.05, 4.69) is 14.8 Å². The van der Waals surface area contributed by atoms with Crippen molar-refractivity contribution >= 4 is 48.7 Å². The van der Waals surface area contributed by atoms with E-state index in [1.54, 1.807) is 42.5 Å². The monoisotopic (exact) mass is 546 g/mol. The molecular weight excluding hydrogens is 525 g/mol. The molecule has 0 radical (unpaired) electrons. The fraction of sp³-hybridized carbons (Fsp3) is 0.192. The average Bonchev–Trinajstić information content (AvgIpc) is 3.50. The number of hydrogen-bond donors (Lipinski definition) is 2. The van der Waals surface area contributed by atoms with Crippen LogP contribution in [0, 0.1) is 5.82 Å². The molecular formula is C26H21F3N2O4S2. The summed E-state index contributed by atoms with van der Waals surface area (Å²) >= 11 is 1.21. The third-order valence-corrected chi connectivity index (χ3v) is 7.85. The summed E-state index contributed by atoms with van der Waals surface area (Å²) in [6.45, 7) is -3.04. The van der Waals surface area contributed by atoms with E-state index in [0.29, 0.717) is 21.5 Å². The Balaban J connectivity index is 1.45. The summed E-state index contributed by atoms with van der Waals surface area (Å²) < 4.78 is 70.4. The van der Waals surface area contributed by atoms with Crippen LogP contribution >= 0.6 is 11.3 Å². The van der Waals surface area contributed by atoms with Gasteiger partial charge in [0.2, 0.25) is 10.0 Å². The van der Waals surface area contributed by atoms with Gasteiger partial charge in [-0.1, -0.05) is 12.1 Å². The molecule has 1 amide bonds. The van der Waals surface area contributed by atoms with Crippen molar-refractivity contribution in [1.82, 2.24) is 0 Å². The van der Waals surface area contributed by atoms with Gasteiger partial charge in [-0.05, 0) is 77.9 Å². The highest BCUT2D eigenvalue weighted by molar-refractivity contribution is 7.92. The van der Waals surface area contributed by atoms with Gasteiger partial charge in [0.15, 0.2) is 0 Å². The van der Waals surface area contributed by atoms with Crippen molar-refractivity contribution in [1.29, 1.82) is 0 Å². The molecule has 11 heteroatoms. The highest BCUT2D eigenvalue weighted by Crippen LogP contribution is 2.54. The number of halogens is 3. The van der Waals surface area contributed by atoms with Crippen LogP contribution < -0.4 is 14.8 Å². The number of fused-ring (bicyclic) bond motifs is 1.